The molecule has 4 heterocycles. The van der Waals surface area contributed by atoms with Crippen LogP contribution in [0.3, 0.4) is 0 Å². The molecule has 2 aromatic carbocycles. The SMILES string of the molecule is CC(C)c1nnc(-c2ccc(Oc3cc(-c4nnc(C5CC[Si](C)(C)CC5)o4)ccc3CN3CCCC3=O)cc2)s1. The maximum atomic E-state index is 12.4. The van der Waals surface area contributed by atoms with E-state index in [1.807, 2.05) is 47.4 Å². The molecule has 0 aliphatic carbocycles. The summed E-state index contributed by atoms with van der Waals surface area (Å²) in [6.45, 7) is 10.4. The van der Waals surface area contributed by atoms with Gasteiger partial charge in [0.25, 0.3) is 0 Å². The van der Waals surface area contributed by atoms with Gasteiger partial charge in [-0.05, 0) is 55.7 Å². The van der Waals surface area contributed by atoms with Gasteiger partial charge < -0.3 is 14.1 Å². The van der Waals surface area contributed by atoms with Gasteiger partial charge in [-0.15, -0.1) is 20.4 Å². The van der Waals surface area contributed by atoms with Crippen LogP contribution in [0, 0.1) is 0 Å². The van der Waals surface area contributed by atoms with Crippen LogP contribution in [0.5, 0.6) is 11.5 Å². The Morgan fingerprint density at radius 3 is 2.46 bits per heavy atom. The van der Waals surface area contributed by atoms with Crippen LogP contribution in [0.2, 0.25) is 25.2 Å². The number of hydrogen-bond donors (Lipinski definition) is 0. The Bertz CT molecular complexity index is 1520. The van der Waals surface area contributed by atoms with Gasteiger partial charge in [0, 0.05) is 56.1 Å². The van der Waals surface area contributed by atoms with Crippen molar-refractivity contribution in [3.05, 3.63) is 58.9 Å². The lowest BCUT2D eigenvalue weighted by molar-refractivity contribution is -0.128. The minimum Gasteiger partial charge on any atom is -0.457 e. The Morgan fingerprint density at radius 2 is 1.78 bits per heavy atom. The first kappa shape index (κ1) is 27.8. The molecule has 0 saturated carbocycles. The van der Waals surface area contributed by atoms with E-state index in [4.69, 9.17) is 9.15 Å². The van der Waals surface area contributed by atoms with Gasteiger partial charge in [-0.25, -0.2) is 0 Å². The van der Waals surface area contributed by atoms with Crippen molar-refractivity contribution in [3.8, 4) is 33.5 Å². The van der Waals surface area contributed by atoms with Gasteiger partial charge >= 0.3 is 0 Å². The van der Waals surface area contributed by atoms with Crippen molar-refractivity contribution in [3.63, 3.8) is 0 Å². The van der Waals surface area contributed by atoms with Crippen molar-refractivity contribution < 1.29 is 13.9 Å². The smallest absolute Gasteiger partial charge is 0.247 e. The van der Waals surface area contributed by atoms with Gasteiger partial charge in [-0.1, -0.05) is 56.4 Å². The third kappa shape index (κ3) is 6.28. The van der Waals surface area contributed by atoms with E-state index in [1.165, 1.54) is 12.1 Å². The molecule has 10 heteroatoms. The summed E-state index contributed by atoms with van der Waals surface area (Å²) in [4.78, 5) is 14.3. The Labute approximate surface area is 246 Å². The Hall–Kier alpha value is -3.37. The lowest BCUT2D eigenvalue weighted by Crippen LogP contribution is -2.30. The quantitative estimate of drug-likeness (QED) is 0.194. The molecule has 2 aromatic heterocycles. The molecule has 2 fully saturated rings. The molecular formula is C31H37N5O3SSi. The molecule has 1 amide bonds. The van der Waals surface area contributed by atoms with E-state index in [9.17, 15) is 4.79 Å². The van der Waals surface area contributed by atoms with Crippen LogP contribution in [0.15, 0.2) is 46.9 Å². The van der Waals surface area contributed by atoms with E-state index in [0.717, 1.165) is 58.4 Å². The number of hydrogen-bond acceptors (Lipinski definition) is 8. The average Bonchev–Trinajstić information content (AvgIpc) is 3.72. The van der Waals surface area contributed by atoms with Crippen LogP contribution < -0.4 is 4.74 Å². The van der Waals surface area contributed by atoms with Crippen LogP contribution in [0.25, 0.3) is 22.0 Å². The van der Waals surface area contributed by atoms with Gasteiger partial charge in [-0.3, -0.25) is 4.79 Å². The lowest BCUT2D eigenvalue weighted by Gasteiger charge is -2.30. The number of likely N-dealkylation sites (tertiary alicyclic amines) is 1. The molecule has 2 saturated heterocycles. The number of benzene rings is 2. The second-order valence-corrected chi connectivity index (χ2v) is 18.7. The number of carbonyl (C=O) groups is 1. The molecule has 41 heavy (non-hydrogen) atoms. The Balaban J connectivity index is 1.25. The normalized spacial score (nSPS) is 17.5. The second kappa shape index (κ2) is 11.5. The molecule has 0 bridgehead atoms. The Kier molecular flexibility index (Phi) is 7.78. The zero-order chi connectivity index (χ0) is 28.6. The summed E-state index contributed by atoms with van der Waals surface area (Å²) in [5, 5.41) is 19.4. The highest BCUT2D eigenvalue weighted by Gasteiger charge is 2.32. The molecule has 0 atom stereocenters. The van der Waals surface area contributed by atoms with Crippen molar-refractivity contribution in [2.24, 2.45) is 0 Å². The Morgan fingerprint density at radius 1 is 1.02 bits per heavy atom. The van der Waals surface area contributed by atoms with Crippen LogP contribution in [-0.2, 0) is 11.3 Å². The van der Waals surface area contributed by atoms with Crippen LogP contribution in [-0.4, -0.2) is 45.8 Å². The molecule has 0 spiro atoms. The highest BCUT2D eigenvalue weighted by atomic mass is 32.1. The predicted octanol–water partition coefficient (Wildman–Crippen LogP) is 7.88. The molecule has 0 radical (unpaired) electrons. The monoisotopic (exact) mass is 587 g/mol. The van der Waals surface area contributed by atoms with Crippen molar-refractivity contribution >= 4 is 25.3 Å². The molecule has 6 rings (SSSR count). The zero-order valence-electron chi connectivity index (χ0n) is 24.2. The summed E-state index contributed by atoms with van der Waals surface area (Å²) >= 11 is 1.61. The van der Waals surface area contributed by atoms with Crippen molar-refractivity contribution in [2.45, 2.75) is 83.1 Å². The molecule has 8 nitrogen and oxygen atoms in total. The van der Waals surface area contributed by atoms with E-state index >= 15 is 0 Å². The van der Waals surface area contributed by atoms with Crippen molar-refractivity contribution in [2.75, 3.05) is 6.54 Å². The van der Waals surface area contributed by atoms with Gasteiger partial charge in [0.05, 0.1) is 0 Å². The fourth-order valence-electron chi connectivity index (χ4n) is 5.53. The molecule has 2 aliphatic rings. The molecule has 214 valence electrons. The summed E-state index contributed by atoms with van der Waals surface area (Å²) in [6, 6.07) is 16.5. The van der Waals surface area contributed by atoms with E-state index in [1.54, 1.807) is 11.3 Å². The summed E-state index contributed by atoms with van der Waals surface area (Å²) in [5.74, 6) is 3.50. The third-order valence-corrected chi connectivity index (χ3v) is 12.8. The average molecular weight is 588 g/mol. The second-order valence-electron chi connectivity index (χ2n) is 12.4. The largest absolute Gasteiger partial charge is 0.457 e. The molecule has 0 N–H and O–H groups in total. The van der Waals surface area contributed by atoms with Gasteiger partial charge in [0.2, 0.25) is 17.7 Å². The van der Waals surface area contributed by atoms with Crippen LogP contribution in [0.4, 0.5) is 0 Å². The van der Waals surface area contributed by atoms with Crippen LogP contribution in [0.1, 0.15) is 67.8 Å². The minimum absolute atomic E-state index is 0.183. The minimum atomic E-state index is -1.06. The highest BCUT2D eigenvalue weighted by molar-refractivity contribution is 7.14. The number of rotatable bonds is 8. The maximum Gasteiger partial charge on any atom is 0.247 e. The number of carbonyl (C=O) groups excluding carboxylic acids is 1. The number of nitrogens with zero attached hydrogens (tertiary/aromatic N) is 5. The van der Waals surface area contributed by atoms with Crippen molar-refractivity contribution in [1.29, 1.82) is 0 Å². The first-order chi connectivity index (χ1) is 19.7. The number of aromatic nitrogens is 4. The molecule has 2 aliphatic heterocycles. The first-order valence-corrected chi connectivity index (χ1v) is 18.8. The fourth-order valence-corrected chi connectivity index (χ4v) is 8.89. The van der Waals surface area contributed by atoms with E-state index < -0.39 is 8.07 Å². The maximum absolute atomic E-state index is 12.4. The summed E-state index contributed by atoms with van der Waals surface area (Å²) in [5.41, 5.74) is 2.76. The first-order valence-electron chi connectivity index (χ1n) is 14.6. The van der Waals surface area contributed by atoms with E-state index in [-0.39, 0.29) is 5.91 Å². The standard InChI is InChI=1S/C31H37N5O3SSi/c1-20(2)30-34-35-31(40-30)22-9-11-25(12-10-22)38-26-18-23(7-8-24(26)19-36-15-5-6-27(36)37)29-33-32-28(39-29)21-13-16-41(3,4)17-14-21/h7-12,18,20-21H,5-6,13-17,19H2,1-4H3. The van der Waals surface area contributed by atoms with Gasteiger partial charge in [-0.2, -0.15) is 0 Å². The van der Waals surface area contributed by atoms with E-state index in [0.29, 0.717) is 42.2 Å². The molecule has 4 aromatic rings. The zero-order valence-corrected chi connectivity index (χ0v) is 26.0. The molecule has 0 unspecified atom stereocenters. The number of ether oxygens (including phenoxy) is 1. The topological polar surface area (TPSA) is 94.2 Å². The summed E-state index contributed by atoms with van der Waals surface area (Å²) in [7, 11) is -1.06. The fraction of sp³-hybridized carbons (Fsp3) is 0.452. The summed E-state index contributed by atoms with van der Waals surface area (Å²) in [6.07, 6.45) is 3.75. The highest BCUT2D eigenvalue weighted by Crippen LogP contribution is 2.39. The van der Waals surface area contributed by atoms with Crippen LogP contribution >= 0.6 is 11.3 Å². The lowest BCUT2D eigenvalue weighted by atomic mass is 10.0. The number of amides is 1. The van der Waals surface area contributed by atoms with Crippen molar-refractivity contribution in [1.82, 2.24) is 25.3 Å². The third-order valence-electron chi connectivity index (χ3n) is 8.24. The predicted molar refractivity (Wildman–Crippen MR) is 163 cm³/mol. The van der Waals surface area contributed by atoms with Gasteiger partial charge in [0.1, 0.15) is 21.5 Å². The van der Waals surface area contributed by atoms with E-state index in [2.05, 4.69) is 47.3 Å². The van der Waals surface area contributed by atoms with Gasteiger partial charge in [0.15, 0.2) is 0 Å². The molecular weight excluding hydrogens is 551 g/mol. The summed E-state index contributed by atoms with van der Waals surface area (Å²) < 4.78 is 12.7.